The molecule has 0 spiro atoms. The van der Waals surface area contributed by atoms with Gasteiger partial charge in [-0.05, 0) is 24.7 Å². The number of carbonyl (C=O) groups is 2. The number of rotatable bonds is 2. The summed E-state index contributed by atoms with van der Waals surface area (Å²) < 4.78 is 13.9. The second-order valence-electron chi connectivity index (χ2n) is 5.67. The van der Waals surface area contributed by atoms with E-state index in [2.05, 4.69) is 12.2 Å². The highest BCUT2D eigenvalue weighted by Crippen LogP contribution is 2.44. The lowest BCUT2D eigenvalue weighted by Gasteiger charge is -2.24. The lowest BCUT2D eigenvalue weighted by Crippen LogP contribution is -2.41. The maximum Gasteiger partial charge on any atom is 0.343 e. The van der Waals surface area contributed by atoms with Crippen molar-refractivity contribution >= 4 is 11.9 Å². The van der Waals surface area contributed by atoms with E-state index in [1.165, 1.54) is 4.90 Å². The number of carboxylic acids is 1. The lowest BCUT2D eigenvalue weighted by molar-refractivity contribution is -0.150. The molecule has 1 aliphatic heterocycles. The quantitative estimate of drug-likeness (QED) is 0.753. The van der Waals surface area contributed by atoms with Crippen molar-refractivity contribution < 1.29 is 19.1 Å². The van der Waals surface area contributed by atoms with Gasteiger partial charge in [-0.3, -0.25) is 4.79 Å². The monoisotopic (exact) mass is 253 g/mol. The molecule has 3 rings (SSSR count). The molecule has 4 unspecified atom stereocenters. The fraction of sp³-hybridized carbons (Fsp3) is 0.692. The van der Waals surface area contributed by atoms with Gasteiger partial charge in [0.25, 0.3) is 0 Å². The number of nitrogens with zero attached hydrogens (tertiary/aromatic N) is 1. The van der Waals surface area contributed by atoms with Gasteiger partial charge in [-0.25, -0.2) is 9.18 Å². The summed E-state index contributed by atoms with van der Waals surface area (Å²) in [6.45, 7) is -0.0714. The third kappa shape index (κ3) is 1.64. The number of halogens is 1. The molecule has 1 saturated carbocycles. The Morgan fingerprint density at radius 3 is 2.61 bits per heavy atom. The van der Waals surface area contributed by atoms with E-state index < -0.39 is 11.6 Å². The van der Waals surface area contributed by atoms with Gasteiger partial charge in [0.05, 0.1) is 6.54 Å². The van der Waals surface area contributed by atoms with Crippen LogP contribution in [0.15, 0.2) is 12.2 Å². The molecule has 5 heteroatoms. The SMILES string of the molecule is O=C(C1CC2C=CC1C2)N1CCC(F)(C(=O)O)C1. The Labute approximate surface area is 104 Å². The summed E-state index contributed by atoms with van der Waals surface area (Å²) in [6.07, 6.45) is 5.99. The van der Waals surface area contributed by atoms with Crippen LogP contribution in [0.25, 0.3) is 0 Å². The lowest BCUT2D eigenvalue weighted by atomic mass is 9.92. The van der Waals surface area contributed by atoms with Crippen molar-refractivity contribution in [1.29, 1.82) is 0 Å². The molecule has 0 aromatic rings. The van der Waals surface area contributed by atoms with Crippen molar-refractivity contribution in [3.63, 3.8) is 0 Å². The van der Waals surface area contributed by atoms with Gasteiger partial charge in [0.2, 0.25) is 11.6 Å². The highest BCUT2D eigenvalue weighted by molar-refractivity contribution is 5.84. The topological polar surface area (TPSA) is 57.6 Å². The molecule has 98 valence electrons. The Hall–Kier alpha value is -1.39. The first-order valence-electron chi connectivity index (χ1n) is 6.39. The zero-order valence-electron chi connectivity index (χ0n) is 10.0. The van der Waals surface area contributed by atoms with Gasteiger partial charge in [0.1, 0.15) is 0 Å². The molecule has 4 nitrogen and oxygen atoms in total. The maximum atomic E-state index is 13.9. The molecule has 1 saturated heterocycles. The Bertz CT molecular complexity index is 436. The van der Waals surface area contributed by atoms with Crippen LogP contribution in [0.2, 0.25) is 0 Å². The van der Waals surface area contributed by atoms with Crippen LogP contribution < -0.4 is 0 Å². The summed E-state index contributed by atoms with van der Waals surface area (Å²) >= 11 is 0. The number of amides is 1. The molecule has 1 N–H and O–H groups in total. The molecule has 1 heterocycles. The molecule has 1 amide bonds. The van der Waals surface area contributed by atoms with Gasteiger partial charge in [0, 0.05) is 18.9 Å². The van der Waals surface area contributed by atoms with Gasteiger partial charge in [0.15, 0.2) is 0 Å². The van der Waals surface area contributed by atoms with Crippen LogP contribution in [-0.4, -0.2) is 40.6 Å². The first-order valence-corrected chi connectivity index (χ1v) is 6.39. The summed E-state index contributed by atoms with van der Waals surface area (Å²) in [5.41, 5.74) is -2.25. The van der Waals surface area contributed by atoms with Crippen LogP contribution in [-0.2, 0) is 9.59 Å². The largest absolute Gasteiger partial charge is 0.479 e. The van der Waals surface area contributed by atoms with Gasteiger partial charge in [-0.2, -0.15) is 0 Å². The maximum absolute atomic E-state index is 13.9. The van der Waals surface area contributed by atoms with Crippen molar-refractivity contribution in [2.24, 2.45) is 17.8 Å². The summed E-state index contributed by atoms with van der Waals surface area (Å²) in [5, 5.41) is 8.82. The third-order valence-electron chi connectivity index (χ3n) is 4.51. The molecule has 2 bridgehead atoms. The first-order chi connectivity index (χ1) is 8.49. The third-order valence-corrected chi connectivity index (χ3v) is 4.51. The number of hydrogen-bond acceptors (Lipinski definition) is 2. The Morgan fingerprint density at radius 1 is 1.33 bits per heavy atom. The Kier molecular flexibility index (Phi) is 2.47. The van der Waals surface area contributed by atoms with E-state index in [-0.39, 0.29) is 37.3 Å². The number of alkyl halides is 1. The van der Waals surface area contributed by atoms with Gasteiger partial charge >= 0.3 is 5.97 Å². The van der Waals surface area contributed by atoms with E-state index in [0.29, 0.717) is 5.92 Å². The van der Waals surface area contributed by atoms with E-state index in [1.54, 1.807) is 0 Å². The van der Waals surface area contributed by atoms with Gasteiger partial charge < -0.3 is 10.0 Å². The van der Waals surface area contributed by atoms with Crippen molar-refractivity contribution in [2.75, 3.05) is 13.1 Å². The minimum atomic E-state index is -2.25. The number of aliphatic carboxylic acids is 1. The highest BCUT2D eigenvalue weighted by atomic mass is 19.1. The molecule has 2 aliphatic carbocycles. The number of allylic oxidation sites excluding steroid dienone is 2. The molecule has 0 radical (unpaired) electrons. The number of fused-ring (bicyclic) bond motifs is 2. The summed E-state index contributed by atoms with van der Waals surface area (Å²) in [5.74, 6) is -0.808. The fourth-order valence-corrected chi connectivity index (χ4v) is 3.43. The van der Waals surface area contributed by atoms with E-state index in [1.807, 2.05) is 0 Å². The molecule has 4 atom stereocenters. The number of carbonyl (C=O) groups excluding carboxylic acids is 1. The normalized spacial score (nSPS) is 41.6. The first kappa shape index (κ1) is 11.7. The molecule has 0 aromatic heterocycles. The fourth-order valence-electron chi connectivity index (χ4n) is 3.43. The smallest absolute Gasteiger partial charge is 0.343 e. The minimum absolute atomic E-state index is 0.0591. The van der Waals surface area contributed by atoms with Gasteiger partial charge in [-0.15, -0.1) is 0 Å². The van der Waals surface area contributed by atoms with Crippen LogP contribution in [0.1, 0.15) is 19.3 Å². The predicted molar refractivity (Wildman–Crippen MR) is 61.5 cm³/mol. The van der Waals surface area contributed by atoms with Gasteiger partial charge in [-0.1, -0.05) is 12.2 Å². The number of hydrogen-bond donors (Lipinski definition) is 1. The van der Waals surface area contributed by atoms with Crippen LogP contribution in [0.3, 0.4) is 0 Å². The van der Waals surface area contributed by atoms with Crippen molar-refractivity contribution in [3.8, 4) is 0 Å². The van der Waals surface area contributed by atoms with E-state index >= 15 is 0 Å². The zero-order valence-corrected chi connectivity index (χ0v) is 10.0. The van der Waals surface area contributed by atoms with Crippen molar-refractivity contribution in [2.45, 2.75) is 24.9 Å². The molecule has 18 heavy (non-hydrogen) atoms. The average Bonchev–Trinajstić information content (AvgIpc) is 3.02. The average molecular weight is 253 g/mol. The highest BCUT2D eigenvalue weighted by Gasteiger charge is 2.49. The predicted octanol–water partition coefficient (Wildman–Crippen LogP) is 1.22. The van der Waals surface area contributed by atoms with Crippen molar-refractivity contribution in [3.05, 3.63) is 12.2 Å². The summed E-state index contributed by atoms with van der Waals surface area (Å²) in [6, 6.07) is 0. The molecular weight excluding hydrogens is 237 g/mol. The Morgan fingerprint density at radius 2 is 2.11 bits per heavy atom. The van der Waals surface area contributed by atoms with Crippen LogP contribution in [0, 0.1) is 17.8 Å². The number of carboxylic acid groups (broad SMARTS) is 1. The molecule has 3 aliphatic rings. The van der Waals surface area contributed by atoms with E-state index in [0.717, 1.165) is 12.8 Å². The Balaban J connectivity index is 1.68. The molecule has 2 fully saturated rings. The van der Waals surface area contributed by atoms with E-state index in [4.69, 9.17) is 5.11 Å². The van der Waals surface area contributed by atoms with Crippen LogP contribution >= 0.6 is 0 Å². The summed E-state index contributed by atoms with van der Waals surface area (Å²) in [7, 11) is 0. The standard InChI is InChI=1S/C13H16FNO3/c14-13(12(17)18)3-4-15(7-13)11(16)10-6-8-1-2-9(10)5-8/h1-2,8-10H,3-7H2,(H,17,18). The molecular formula is C13H16FNO3. The zero-order chi connectivity index (χ0) is 12.9. The second kappa shape index (κ2) is 3.80. The number of likely N-dealkylation sites (tertiary alicyclic amines) is 1. The molecule has 0 aromatic carbocycles. The van der Waals surface area contributed by atoms with Crippen molar-refractivity contribution in [1.82, 2.24) is 4.90 Å². The second-order valence-corrected chi connectivity index (χ2v) is 5.67. The van der Waals surface area contributed by atoms with E-state index in [9.17, 15) is 14.0 Å². The van der Waals surface area contributed by atoms with Crippen LogP contribution in [0.5, 0.6) is 0 Å². The van der Waals surface area contributed by atoms with Crippen LogP contribution in [0.4, 0.5) is 4.39 Å². The minimum Gasteiger partial charge on any atom is -0.479 e. The summed E-state index contributed by atoms with van der Waals surface area (Å²) in [4.78, 5) is 24.5.